The average Bonchev–Trinajstić information content (AvgIpc) is 3.24. The molecule has 1 saturated heterocycles. The summed E-state index contributed by atoms with van der Waals surface area (Å²) in [5, 5.41) is 3.16. The van der Waals surface area contributed by atoms with Crippen LogP contribution in [0.1, 0.15) is 49.4 Å². The fourth-order valence-corrected chi connectivity index (χ4v) is 6.03. The zero-order valence-electron chi connectivity index (χ0n) is 17.1. The molecule has 0 radical (unpaired) electrons. The molecule has 1 aliphatic rings. The Morgan fingerprint density at radius 2 is 1.77 bits per heavy atom. The first-order chi connectivity index (χ1) is 14.4. The Morgan fingerprint density at radius 1 is 1.13 bits per heavy atom. The number of hydrogen-bond acceptors (Lipinski definition) is 5. The fraction of sp³-hybridized carbons (Fsp3) is 0.391. The Balaban J connectivity index is 1.75. The van der Waals surface area contributed by atoms with E-state index in [1.54, 1.807) is 24.3 Å². The number of benzene rings is 2. The summed E-state index contributed by atoms with van der Waals surface area (Å²) >= 11 is 0. The molecule has 1 aliphatic heterocycles. The molecule has 3 rings (SSSR count). The molecule has 3 atom stereocenters. The van der Waals surface area contributed by atoms with Crippen LogP contribution in [0.2, 0.25) is 0 Å². The molecule has 1 heterocycles. The van der Waals surface area contributed by atoms with E-state index in [0.717, 1.165) is 12.0 Å². The fourth-order valence-electron chi connectivity index (χ4n) is 4.07. The molecule has 30 heavy (non-hydrogen) atoms. The summed E-state index contributed by atoms with van der Waals surface area (Å²) in [5.74, 6) is -1.69. The van der Waals surface area contributed by atoms with Crippen LogP contribution < -0.4 is 5.32 Å². The predicted octanol–water partition coefficient (Wildman–Crippen LogP) is 4.15. The Hall–Kier alpha value is -2.27. The second-order valence-electron chi connectivity index (χ2n) is 7.69. The van der Waals surface area contributed by atoms with Gasteiger partial charge in [-0.15, -0.1) is 0 Å². The minimum atomic E-state index is -3.93. The van der Waals surface area contributed by atoms with Crippen molar-refractivity contribution < 1.29 is 23.8 Å². The van der Waals surface area contributed by atoms with Gasteiger partial charge in [0.1, 0.15) is 11.7 Å². The van der Waals surface area contributed by atoms with Crippen molar-refractivity contribution >= 4 is 19.3 Å². The number of nitrogens with one attached hydrogen (secondary N) is 1. The van der Waals surface area contributed by atoms with Crippen molar-refractivity contribution in [2.24, 2.45) is 0 Å². The quantitative estimate of drug-likeness (QED) is 0.372. The molecule has 2 aromatic rings. The molecule has 0 saturated carbocycles. The molecule has 2 N–H and O–H groups in total. The van der Waals surface area contributed by atoms with Crippen molar-refractivity contribution in [3.63, 3.8) is 0 Å². The van der Waals surface area contributed by atoms with Gasteiger partial charge < -0.3 is 9.63 Å². The summed E-state index contributed by atoms with van der Waals surface area (Å²) in [6, 6.07) is 18.1. The minimum Gasteiger partial charge on any atom is -0.391 e. The average molecular weight is 429 g/mol. The van der Waals surface area contributed by atoms with Gasteiger partial charge in [0.2, 0.25) is 7.37 Å². The maximum absolute atomic E-state index is 13.1. The molecule has 6 nitrogen and oxygen atoms in total. The lowest BCUT2D eigenvalue weighted by molar-refractivity contribution is -0.163. The van der Waals surface area contributed by atoms with Gasteiger partial charge in [-0.2, -0.15) is 0 Å². The van der Waals surface area contributed by atoms with Crippen LogP contribution in [0.4, 0.5) is 0 Å². The van der Waals surface area contributed by atoms with Crippen LogP contribution >= 0.6 is 7.37 Å². The minimum absolute atomic E-state index is 0.467. The van der Waals surface area contributed by atoms with Crippen LogP contribution in [0.5, 0.6) is 0 Å². The number of carbonyl (C=O) groups excluding carboxylic acids is 2. The maximum Gasteiger partial charge on any atom is 0.338 e. The first kappa shape index (κ1) is 22.4. The lowest BCUT2D eigenvalue weighted by Crippen LogP contribution is -2.46. The highest BCUT2D eigenvalue weighted by atomic mass is 31.2. The molecular weight excluding hydrogens is 401 g/mol. The van der Waals surface area contributed by atoms with E-state index in [4.69, 9.17) is 4.74 Å². The van der Waals surface area contributed by atoms with Crippen molar-refractivity contribution in [3.05, 3.63) is 71.8 Å². The van der Waals surface area contributed by atoms with Gasteiger partial charge >= 0.3 is 11.9 Å². The molecule has 0 amide bonds. The molecule has 0 spiro atoms. The standard InChI is InChI=1S/C23H28NO5P/c1-2-10-20(18-11-5-3-6-12-18)30(27,28)17-21(25)29-22(26)23(15-9-16-24-23)19-13-7-4-8-14-19/h3-8,11-14,20,24H,2,9-10,15-17H2,1H3,(H,27,28)/t20?,23-/m1/s1. The van der Waals surface area contributed by atoms with Crippen LogP contribution in [0.3, 0.4) is 0 Å². The Kier molecular flexibility index (Phi) is 7.24. The summed E-state index contributed by atoms with van der Waals surface area (Å²) in [6.45, 7) is 2.55. The summed E-state index contributed by atoms with van der Waals surface area (Å²) in [6.07, 6.45) is 1.74. The SMILES string of the molecule is CCCC(c1ccccc1)P(=O)(O)CC(=O)OC(=O)[C@]1(c2ccccc2)CCCN1. The Bertz CT molecular complexity index is 910. The van der Waals surface area contributed by atoms with Gasteiger partial charge in [0.15, 0.2) is 0 Å². The lowest BCUT2D eigenvalue weighted by Gasteiger charge is -2.28. The molecule has 1 fully saturated rings. The van der Waals surface area contributed by atoms with Crippen LogP contribution in [-0.4, -0.2) is 29.5 Å². The third kappa shape index (κ3) is 4.89. The van der Waals surface area contributed by atoms with Crippen molar-refractivity contribution in [2.45, 2.75) is 43.8 Å². The molecule has 7 heteroatoms. The van der Waals surface area contributed by atoms with Crippen molar-refractivity contribution in [1.82, 2.24) is 5.32 Å². The highest BCUT2D eigenvalue weighted by molar-refractivity contribution is 7.59. The summed E-state index contributed by atoms with van der Waals surface area (Å²) in [4.78, 5) is 36.2. The summed E-state index contributed by atoms with van der Waals surface area (Å²) < 4.78 is 18.2. The van der Waals surface area contributed by atoms with Crippen molar-refractivity contribution in [2.75, 3.05) is 12.7 Å². The van der Waals surface area contributed by atoms with E-state index in [2.05, 4.69) is 5.32 Å². The smallest absolute Gasteiger partial charge is 0.338 e. The van der Waals surface area contributed by atoms with E-state index < -0.39 is 36.7 Å². The number of rotatable bonds is 8. The zero-order valence-corrected chi connectivity index (χ0v) is 18.0. The van der Waals surface area contributed by atoms with Crippen LogP contribution in [0, 0.1) is 0 Å². The van der Waals surface area contributed by atoms with Gasteiger partial charge in [-0.25, -0.2) is 4.79 Å². The van der Waals surface area contributed by atoms with E-state index in [1.807, 2.05) is 43.3 Å². The molecule has 160 valence electrons. The Labute approximate surface area is 177 Å². The number of hydrogen-bond donors (Lipinski definition) is 2. The topological polar surface area (TPSA) is 92.7 Å². The highest BCUT2D eigenvalue weighted by Crippen LogP contribution is 2.57. The van der Waals surface area contributed by atoms with Crippen LogP contribution in [0.15, 0.2) is 60.7 Å². The molecule has 0 aromatic heterocycles. The third-order valence-electron chi connectivity index (χ3n) is 5.57. The van der Waals surface area contributed by atoms with E-state index >= 15 is 0 Å². The second kappa shape index (κ2) is 9.69. The molecule has 0 bridgehead atoms. The molecular formula is C23H28NO5P. The largest absolute Gasteiger partial charge is 0.391 e. The zero-order chi connectivity index (χ0) is 21.6. The van der Waals surface area contributed by atoms with Crippen molar-refractivity contribution in [1.29, 1.82) is 0 Å². The van der Waals surface area contributed by atoms with E-state index in [0.29, 0.717) is 31.4 Å². The first-order valence-corrected chi connectivity index (χ1v) is 12.2. The van der Waals surface area contributed by atoms with Gasteiger partial charge in [0, 0.05) is 0 Å². The number of ether oxygens (including phenoxy) is 1. The van der Waals surface area contributed by atoms with Gasteiger partial charge in [-0.05, 0) is 36.9 Å². The number of carbonyl (C=O) groups is 2. The van der Waals surface area contributed by atoms with Gasteiger partial charge in [-0.1, -0.05) is 74.0 Å². The van der Waals surface area contributed by atoms with Crippen LogP contribution in [-0.2, 0) is 24.4 Å². The molecule has 2 aromatic carbocycles. The maximum atomic E-state index is 13.1. The normalized spacial score (nSPS) is 21.5. The van der Waals surface area contributed by atoms with E-state index in [-0.39, 0.29) is 0 Å². The third-order valence-corrected chi connectivity index (χ3v) is 7.81. The van der Waals surface area contributed by atoms with Gasteiger partial charge in [0.05, 0.1) is 5.66 Å². The summed E-state index contributed by atoms with van der Waals surface area (Å²) in [7, 11) is -3.93. The predicted molar refractivity (Wildman–Crippen MR) is 115 cm³/mol. The second-order valence-corrected chi connectivity index (χ2v) is 10.1. The monoisotopic (exact) mass is 429 g/mol. The number of esters is 2. The Morgan fingerprint density at radius 3 is 2.33 bits per heavy atom. The first-order valence-electron chi connectivity index (χ1n) is 10.3. The summed E-state index contributed by atoms with van der Waals surface area (Å²) in [5.41, 5.74) is -0.333. The lowest BCUT2D eigenvalue weighted by atomic mass is 9.88. The highest BCUT2D eigenvalue weighted by Gasteiger charge is 2.46. The van der Waals surface area contributed by atoms with E-state index in [9.17, 15) is 19.0 Å². The van der Waals surface area contributed by atoms with Crippen LogP contribution in [0.25, 0.3) is 0 Å². The van der Waals surface area contributed by atoms with Crippen molar-refractivity contribution in [3.8, 4) is 0 Å². The van der Waals surface area contributed by atoms with E-state index in [1.165, 1.54) is 0 Å². The van der Waals surface area contributed by atoms with Gasteiger partial charge in [-0.3, -0.25) is 14.7 Å². The molecule has 2 unspecified atom stereocenters. The van der Waals surface area contributed by atoms with Gasteiger partial charge in [0.25, 0.3) is 0 Å². The molecule has 0 aliphatic carbocycles.